The van der Waals surface area contributed by atoms with E-state index in [9.17, 15) is 18.0 Å². The van der Waals surface area contributed by atoms with E-state index in [1.807, 2.05) is 30.3 Å². The molecular weight excluding hydrogens is 458 g/mol. The number of benzene rings is 3. The summed E-state index contributed by atoms with van der Waals surface area (Å²) in [5, 5.41) is 0. The van der Waals surface area contributed by atoms with Gasteiger partial charge < -0.3 is 9.47 Å². The van der Waals surface area contributed by atoms with E-state index in [0.29, 0.717) is 17.1 Å². The van der Waals surface area contributed by atoms with Gasteiger partial charge in [0.15, 0.2) is 11.5 Å². The Kier molecular flexibility index (Phi) is 6.80. The van der Waals surface area contributed by atoms with Crippen molar-refractivity contribution in [1.82, 2.24) is 15.6 Å². The summed E-state index contributed by atoms with van der Waals surface area (Å²) in [6.45, 7) is 1.74. The first-order chi connectivity index (χ1) is 16.3. The van der Waals surface area contributed by atoms with Crippen molar-refractivity contribution in [2.75, 3.05) is 6.61 Å². The number of hydrogen-bond acceptors (Lipinski definition) is 6. The summed E-state index contributed by atoms with van der Waals surface area (Å²) in [5.74, 6) is -0.321. The highest BCUT2D eigenvalue weighted by Gasteiger charge is 2.28. The van der Waals surface area contributed by atoms with Crippen molar-refractivity contribution < 1.29 is 27.5 Å². The molecule has 0 aromatic heterocycles. The van der Waals surface area contributed by atoms with Crippen molar-refractivity contribution in [2.24, 2.45) is 0 Å². The molecule has 0 bridgehead atoms. The lowest BCUT2D eigenvalue weighted by molar-refractivity contribution is -0.131. The quantitative estimate of drug-likeness (QED) is 0.464. The van der Waals surface area contributed by atoms with Crippen LogP contribution in [-0.2, 0) is 21.4 Å². The Morgan fingerprint density at radius 3 is 2.41 bits per heavy atom. The van der Waals surface area contributed by atoms with Crippen molar-refractivity contribution in [2.45, 2.75) is 24.5 Å². The molecule has 4 rings (SSSR count). The summed E-state index contributed by atoms with van der Waals surface area (Å²) in [5.41, 5.74) is 5.93. The van der Waals surface area contributed by atoms with Crippen molar-refractivity contribution in [1.29, 1.82) is 0 Å². The number of amides is 2. The van der Waals surface area contributed by atoms with E-state index in [0.717, 1.165) is 5.56 Å². The minimum atomic E-state index is -3.88. The molecule has 2 amide bonds. The first-order valence-corrected chi connectivity index (χ1v) is 11.9. The predicted octanol–water partition coefficient (Wildman–Crippen LogP) is 2.07. The van der Waals surface area contributed by atoms with E-state index < -0.39 is 27.9 Å². The Hall–Kier alpha value is -3.89. The summed E-state index contributed by atoms with van der Waals surface area (Å²) in [6, 6.07) is 20.3. The smallest absolute Gasteiger partial charge is 0.283 e. The summed E-state index contributed by atoms with van der Waals surface area (Å²) in [6.07, 6.45) is -0.952. The van der Waals surface area contributed by atoms with Crippen molar-refractivity contribution in [3.05, 3.63) is 89.5 Å². The molecule has 34 heavy (non-hydrogen) atoms. The van der Waals surface area contributed by atoms with Crippen LogP contribution in [0.2, 0.25) is 0 Å². The van der Waals surface area contributed by atoms with Gasteiger partial charge in [0, 0.05) is 12.1 Å². The highest BCUT2D eigenvalue weighted by Crippen LogP contribution is 2.30. The Morgan fingerprint density at radius 2 is 1.65 bits per heavy atom. The molecule has 1 heterocycles. The molecule has 3 N–H and O–H groups in total. The molecule has 0 saturated heterocycles. The number of carbonyl (C=O) groups excluding carboxylic acids is 2. The zero-order valence-electron chi connectivity index (χ0n) is 18.3. The average Bonchev–Trinajstić information content (AvgIpc) is 2.86. The third kappa shape index (κ3) is 5.36. The number of carbonyl (C=O) groups is 2. The van der Waals surface area contributed by atoms with E-state index in [1.54, 1.807) is 31.2 Å². The number of para-hydroxylation sites is 2. The Bertz CT molecular complexity index is 1310. The standard InChI is InChI=1S/C24H23N3O6S/c1-16-11-12-18(13-22(16)34(30,31)25-14-17-7-3-2-4-8-17)23(28)26-27-24(29)21-15-32-19-9-5-6-10-20(19)33-21/h2-13,21,25H,14-15H2,1H3,(H,26,28)(H,27,29). The van der Waals surface area contributed by atoms with Gasteiger partial charge in [-0.25, -0.2) is 13.1 Å². The van der Waals surface area contributed by atoms with Crippen LogP contribution in [0.15, 0.2) is 77.7 Å². The lowest BCUT2D eigenvalue weighted by Crippen LogP contribution is -2.50. The van der Waals surface area contributed by atoms with Gasteiger partial charge in [0.2, 0.25) is 16.1 Å². The molecule has 1 atom stereocenters. The van der Waals surface area contributed by atoms with Gasteiger partial charge in [-0.05, 0) is 42.3 Å². The molecule has 0 saturated carbocycles. The second-order valence-electron chi connectivity index (χ2n) is 7.60. The molecule has 176 valence electrons. The SMILES string of the molecule is Cc1ccc(C(=O)NNC(=O)C2COc3ccccc3O2)cc1S(=O)(=O)NCc1ccccc1. The lowest BCUT2D eigenvalue weighted by Gasteiger charge is -2.25. The minimum absolute atomic E-state index is 0.0152. The first kappa shape index (κ1) is 23.3. The second kappa shape index (κ2) is 9.94. The van der Waals surface area contributed by atoms with Gasteiger partial charge in [-0.15, -0.1) is 0 Å². The van der Waals surface area contributed by atoms with Crippen LogP contribution >= 0.6 is 0 Å². The van der Waals surface area contributed by atoms with Crippen molar-refractivity contribution in [3.8, 4) is 11.5 Å². The summed E-state index contributed by atoms with van der Waals surface area (Å²) in [4.78, 5) is 25.0. The molecule has 10 heteroatoms. The van der Waals surface area contributed by atoms with E-state index >= 15 is 0 Å². The van der Waals surface area contributed by atoms with Crippen LogP contribution in [-0.4, -0.2) is 32.9 Å². The van der Waals surface area contributed by atoms with Gasteiger partial charge in [0.1, 0.15) is 6.61 Å². The molecule has 0 radical (unpaired) electrons. The molecule has 3 aromatic rings. The van der Waals surface area contributed by atoms with E-state index in [2.05, 4.69) is 15.6 Å². The molecule has 9 nitrogen and oxygen atoms in total. The van der Waals surface area contributed by atoms with Gasteiger partial charge >= 0.3 is 0 Å². The van der Waals surface area contributed by atoms with Gasteiger partial charge in [0.25, 0.3) is 11.8 Å². The zero-order valence-corrected chi connectivity index (χ0v) is 19.1. The number of hydrogen-bond donors (Lipinski definition) is 3. The van der Waals surface area contributed by atoms with Crippen molar-refractivity contribution in [3.63, 3.8) is 0 Å². The molecule has 1 aliphatic rings. The third-order valence-corrected chi connectivity index (χ3v) is 6.69. The summed E-state index contributed by atoms with van der Waals surface area (Å²) >= 11 is 0. The monoisotopic (exact) mass is 481 g/mol. The number of aryl methyl sites for hydroxylation is 1. The normalized spacial score (nSPS) is 14.8. The van der Waals surface area contributed by atoms with Crippen LogP contribution in [0.4, 0.5) is 0 Å². The van der Waals surface area contributed by atoms with Crippen LogP contribution in [0.25, 0.3) is 0 Å². The molecule has 0 spiro atoms. The maximum absolute atomic E-state index is 12.8. The topological polar surface area (TPSA) is 123 Å². The molecule has 3 aromatic carbocycles. The number of nitrogens with one attached hydrogen (secondary N) is 3. The Morgan fingerprint density at radius 1 is 0.941 bits per heavy atom. The number of sulfonamides is 1. The van der Waals surface area contributed by atoms with Crippen LogP contribution in [0.3, 0.4) is 0 Å². The van der Waals surface area contributed by atoms with Crippen LogP contribution in [0.5, 0.6) is 11.5 Å². The highest BCUT2D eigenvalue weighted by atomic mass is 32.2. The van der Waals surface area contributed by atoms with E-state index in [-0.39, 0.29) is 23.6 Å². The molecule has 1 unspecified atom stereocenters. The predicted molar refractivity (Wildman–Crippen MR) is 124 cm³/mol. The minimum Gasteiger partial charge on any atom is -0.485 e. The average molecular weight is 482 g/mol. The third-order valence-electron chi connectivity index (χ3n) is 5.15. The maximum Gasteiger partial charge on any atom is 0.283 e. The number of ether oxygens (including phenoxy) is 2. The highest BCUT2D eigenvalue weighted by molar-refractivity contribution is 7.89. The van der Waals surface area contributed by atoms with E-state index in [1.165, 1.54) is 18.2 Å². The lowest BCUT2D eigenvalue weighted by atomic mass is 10.1. The Balaban J connectivity index is 1.39. The number of rotatable bonds is 6. The fourth-order valence-corrected chi connectivity index (χ4v) is 4.59. The Labute approximate surface area is 197 Å². The second-order valence-corrected chi connectivity index (χ2v) is 9.33. The fourth-order valence-electron chi connectivity index (χ4n) is 3.30. The van der Waals surface area contributed by atoms with Crippen LogP contribution in [0.1, 0.15) is 21.5 Å². The molecule has 0 fully saturated rings. The number of fused-ring (bicyclic) bond motifs is 1. The van der Waals surface area contributed by atoms with Gasteiger partial charge in [-0.1, -0.05) is 48.5 Å². The maximum atomic E-state index is 12.8. The van der Waals surface area contributed by atoms with Crippen molar-refractivity contribution >= 4 is 21.8 Å². The molecular formula is C24H23N3O6S. The van der Waals surface area contributed by atoms with Gasteiger partial charge in [0.05, 0.1) is 4.90 Å². The number of hydrazine groups is 1. The molecule has 0 aliphatic carbocycles. The van der Waals surface area contributed by atoms with E-state index in [4.69, 9.17) is 9.47 Å². The largest absolute Gasteiger partial charge is 0.485 e. The summed E-state index contributed by atoms with van der Waals surface area (Å²) < 4.78 is 39.3. The van der Waals surface area contributed by atoms with Crippen LogP contribution < -0.4 is 25.0 Å². The van der Waals surface area contributed by atoms with Crippen LogP contribution in [0, 0.1) is 6.92 Å². The first-order valence-electron chi connectivity index (χ1n) is 10.5. The fraction of sp³-hybridized carbons (Fsp3) is 0.167. The molecule has 1 aliphatic heterocycles. The van der Waals surface area contributed by atoms with Gasteiger partial charge in [-0.3, -0.25) is 20.4 Å². The zero-order chi connectivity index (χ0) is 24.1. The van der Waals surface area contributed by atoms with Gasteiger partial charge in [-0.2, -0.15) is 0 Å². The summed E-state index contributed by atoms with van der Waals surface area (Å²) in [7, 11) is -3.88.